The molecule has 8 heteroatoms. The molecule has 0 spiro atoms. The smallest absolute Gasteiger partial charge is 0.257 e. The molecule has 0 bridgehead atoms. The topological polar surface area (TPSA) is 84.3 Å². The van der Waals surface area contributed by atoms with Gasteiger partial charge in [-0.3, -0.25) is 15.1 Å². The molecule has 1 amide bonds. The second-order valence-electron chi connectivity index (χ2n) is 5.83. The first kappa shape index (κ1) is 19.3. The molecule has 140 valence electrons. The van der Waals surface area contributed by atoms with Gasteiger partial charge in [0.15, 0.2) is 5.13 Å². The van der Waals surface area contributed by atoms with Crippen molar-refractivity contribution in [2.24, 2.45) is 0 Å². The average Bonchev–Trinajstić information content (AvgIpc) is 3.16. The fourth-order valence-corrected chi connectivity index (χ4v) is 3.60. The van der Waals surface area contributed by atoms with Crippen molar-refractivity contribution in [2.45, 2.75) is 29.7 Å². The van der Waals surface area contributed by atoms with Crippen molar-refractivity contribution < 1.29 is 14.6 Å². The summed E-state index contributed by atoms with van der Waals surface area (Å²) in [6, 6.07) is 9.21. The number of hydrogen-bond acceptors (Lipinski definition) is 7. The summed E-state index contributed by atoms with van der Waals surface area (Å²) < 4.78 is 5.72. The molecule has 1 aromatic carbocycles. The first-order valence-corrected chi connectivity index (χ1v) is 9.97. The molecular weight excluding hydrogens is 382 g/mol. The number of benzene rings is 1. The van der Waals surface area contributed by atoms with E-state index in [-0.39, 0.29) is 18.6 Å². The van der Waals surface area contributed by atoms with Gasteiger partial charge in [-0.1, -0.05) is 11.8 Å². The number of ether oxygens (including phenoxy) is 1. The van der Waals surface area contributed by atoms with Gasteiger partial charge in [-0.25, -0.2) is 4.98 Å². The van der Waals surface area contributed by atoms with E-state index in [1.54, 1.807) is 36.8 Å². The lowest BCUT2D eigenvalue weighted by Gasteiger charge is -2.14. The van der Waals surface area contributed by atoms with Gasteiger partial charge in [-0.05, 0) is 44.2 Å². The predicted molar refractivity (Wildman–Crippen MR) is 107 cm³/mol. The Balaban J connectivity index is 1.87. The molecule has 6 nitrogen and oxygen atoms in total. The Hall–Kier alpha value is -2.42. The zero-order chi connectivity index (χ0) is 19.2. The SMILES string of the molecule is Cc1ccc(Sc2cc(O[C@@H](C)CO)cc(C(=O)Nc3nccs3)c2)cn1. The predicted octanol–water partition coefficient (Wildman–Crippen LogP) is 4.01. The highest BCUT2D eigenvalue weighted by Crippen LogP contribution is 2.32. The van der Waals surface area contributed by atoms with E-state index in [1.165, 1.54) is 23.1 Å². The molecule has 2 N–H and O–H groups in total. The highest BCUT2D eigenvalue weighted by molar-refractivity contribution is 7.99. The van der Waals surface area contributed by atoms with Crippen LogP contribution in [-0.4, -0.2) is 33.7 Å². The van der Waals surface area contributed by atoms with Crippen LogP contribution in [0.3, 0.4) is 0 Å². The van der Waals surface area contributed by atoms with Crippen molar-refractivity contribution in [3.63, 3.8) is 0 Å². The molecule has 1 atom stereocenters. The summed E-state index contributed by atoms with van der Waals surface area (Å²) in [5, 5.41) is 14.4. The summed E-state index contributed by atoms with van der Waals surface area (Å²) in [6.07, 6.45) is 3.05. The van der Waals surface area contributed by atoms with Crippen LogP contribution in [0.15, 0.2) is 57.9 Å². The van der Waals surface area contributed by atoms with Crippen LogP contribution >= 0.6 is 23.1 Å². The molecular formula is C19H19N3O3S2. The molecule has 2 aromatic heterocycles. The van der Waals surface area contributed by atoms with Crippen LogP contribution in [-0.2, 0) is 0 Å². The highest BCUT2D eigenvalue weighted by Gasteiger charge is 2.13. The Morgan fingerprint density at radius 1 is 1.30 bits per heavy atom. The van der Waals surface area contributed by atoms with Gasteiger partial charge < -0.3 is 9.84 Å². The number of amides is 1. The molecule has 0 aliphatic rings. The number of aliphatic hydroxyl groups excluding tert-OH is 1. The summed E-state index contributed by atoms with van der Waals surface area (Å²) in [6.45, 7) is 3.58. The lowest BCUT2D eigenvalue weighted by Crippen LogP contribution is -2.17. The van der Waals surface area contributed by atoms with E-state index >= 15 is 0 Å². The Bertz CT molecular complexity index is 899. The molecule has 0 aliphatic heterocycles. The molecule has 0 saturated carbocycles. The zero-order valence-corrected chi connectivity index (χ0v) is 16.5. The lowest BCUT2D eigenvalue weighted by atomic mass is 10.2. The van der Waals surface area contributed by atoms with Crippen molar-refractivity contribution in [3.8, 4) is 5.75 Å². The van der Waals surface area contributed by atoms with Gasteiger partial charge in [0.2, 0.25) is 0 Å². The average molecular weight is 402 g/mol. The van der Waals surface area contributed by atoms with Gasteiger partial charge >= 0.3 is 0 Å². The van der Waals surface area contributed by atoms with E-state index in [9.17, 15) is 9.90 Å². The largest absolute Gasteiger partial charge is 0.488 e. The Kier molecular flexibility index (Phi) is 6.44. The maximum Gasteiger partial charge on any atom is 0.257 e. The number of aliphatic hydroxyl groups is 1. The highest BCUT2D eigenvalue weighted by atomic mass is 32.2. The van der Waals surface area contributed by atoms with Crippen LogP contribution in [0, 0.1) is 6.92 Å². The van der Waals surface area contributed by atoms with E-state index in [0.717, 1.165) is 15.5 Å². The summed E-state index contributed by atoms with van der Waals surface area (Å²) in [7, 11) is 0. The molecule has 0 fully saturated rings. The Morgan fingerprint density at radius 3 is 2.81 bits per heavy atom. The number of nitrogens with one attached hydrogen (secondary N) is 1. The number of carbonyl (C=O) groups excluding carboxylic acids is 1. The zero-order valence-electron chi connectivity index (χ0n) is 14.9. The van der Waals surface area contributed by atoms with Crippen LogP contribution in [0.5, 0.6) is 5.75 Å². The minimum absolute atomic E-state index is 0.111. The third kappa shape index (κ3) is 5.53. The Morgan fingerprint density at radius 2 is 2.15 bits per heavy atom. The molecule has 0 saturated heterocycles. The van der Waals surface area contributed by atoms with Gasteiger partial charge in [0.05, 0.1) is 6.61 Å². The standard InChI is InChI=1S/C19H19N3O3S2/c1-12-3-4-16(10-21-12)27-17-8-14(7-15(9-17)25-13(2)11-23)18(24)22-19-20-5-6-26-19/h3-10,13,23H,11H2,1-2H3,(H,20,22,24)/t13-/m0/s1. The normalized spacial score (nSPS) is 11.8. The number of hydrogen-bond donors (Lipinski definition) is 2. The monoisotopic (exact) mass is 401 g/mol. The molecule has 0 unspecified atom stereocenters. The minimum atomic E-state index is -0.374. The van der Waals surface area contributed by atoms with Crippen LogP contribution < -0.4 is 10.1 Å². The second-order valence-corrected chi connectivity index (χ2v) is 7.87. The first-order chi connectivity index (χ1) is 13.0. The van der Waals surface area contributed by atoms with Crippen molar-refractivity contribution in [3.05, 3.63) is 59.4 Å². The van der Waals surface area contributed by atoms with E-state index in [1.807, 2.05) is 25.1 Å². The van der Waals surface area contributed by atoms with Gasteiger partial charge in [0.25, 0.3) is 5.91 Å². The summed E-state index contributed by atoms with van der Waals surface area (Å²) in [5.41, 5.74) is 1.40. The van der Waals surface area contributed by atoms with Gasteiger partial charge in [-0.2, -0.15) is 0 Å². The van der Waals surface area contributed by atoms with Crippen LogP contribution in [0.25, 0.3) is 0 Å². The fourth-order valence-electron chi connectivity index (χ4n) is 2.20. The summed E-state index contributed by atoms with van der Waals surface area (Å²) >= 11 is 2.84. The van der Waals surface area contributed by atoms with Crippen LogP contribution in [0.2, 0.25) is 0 Å². The fraction of sp³-hybridized carbons (Fsp3) is 0.211. The maximum absolute atomic E-state index is 12.6. The number of nitrogens with zero attached hydrogens (tertiary/aromatic N) is 2. The van der Waals surface area contributed by atoms with E-state index in [0.29, 0.717) is 16.4 Å². The second kappa shape index (κ2) is 8.98. The van der Waals surface area contributed by atoms with Crippen LogP contribution in [0.4, 0.5) is 5.13 Å². The molecule has 0 radical (unpaired) electrons. The number of aromatic nitrogens is 2. The van der Waals surface area contributed by atoms with E-state index < -0.39 is 0 Å². The van der Waals surface area contributed by atoms with E-state index in [2.05, 4.69) is 15.3 Å². The van der Waals surface area contributed by atoms with Crippen molar-refractivity contribution >= 4 is 34.1 Å². The van der Waals surface area contributed by atoms with Crippen molar-refractivity contribution in [1.29, 1.82) is 0 Å². The van der Waals surface area contributed by atoms with Gasteiger partial charge in [0, 0.05) is 38.8 Å². The number of aryl methyl sites for hydroxylation is 1. The quantitative estimate of drug-likeness (QED) is 0.622. The molecule has 3 rings (SSSR count). The van der Waals surface area contributed by atoms with Crippen molar-refractivity contribution in [1.82, 2.24) is 9.97 Å². The third-order valence-corrected chi connectivity index (χ3v) is 5.15. The Labute approximate surface area is 165 Å². The molecule has 27 heavy (non-hydrogen) atoms. The van der Waals surface area contributed by atoms with E-state index in [4.69, 9.17) is 4.74 Å². The molecule has 3 aromatic rings. The number of rotatable bonds is 7. The number of anilines is 1. The van der Waals surface area contributed by atoms with Crippen molar-refractivity contribution in [2.75, 3.05) is 11.9 Å². The maximum atomic E-state index is 12.6. The summed E-state index contributed by atoms with van der Waals surface area (Å²) in [4.78, 5) is 22.8. The van der Waals surface area contributed by atoms with Gasteiger partial charge in [-0.15, -0.1) is 11.3 Å². The van der Waals surface area contributed by atoms with Crippen LogP contribution in [0.1, 0.15) is 23.0 Å². The lowest BCUT2D eigenvalue weighted by molar-refractivity contribution is 0.102. The molecule has 0 aliphatic carbocycles. The third-order valence-electron chi connectivity index (χ3n) is 3.51. The number of thiazole rings is 1. The number of pyridine rings is 1. The minimum Gasteiger partial charge on any atom is -0.488 e. The molecule has 2 heterocycles. The first-order valence-electron chi connectivity index (χ1n) is 8.27. The summed E-state index contributed by atoms with van der Waals surface area (Å²) in [5.74, 6) is 0.252. The number of carbonyl (C=O) groups is 1. The van der Waals surface area contributed by atoms with Gasteiger partial charge in [0.1, 0.15) is 11.9 Å².